The van der Waals surface area contributed by atoms with E-state index < -0.39 is 0 Å². The van der Waals surface area contributed by atoms with E-state index in [0.717, 1.165) is 11.5 Å². The summed E-state index contributed by atoms with van der Waals surface area (Å²) in [6.07, 6.45) is 0. The van der Waals surface area contributed by atoms with E-state index in [1.165, 1.54) is 10.5 Å². The van der Waals surface area contributed by atoms with Gasteiger partial charge in [-0.2, -0.15) is 0 Å². The predicted octanol–water partition coefficient (Wildman–Crippen LogP) is 4.55. The van der Waals surface area contributed by atoms with Crippen LogP contribution in [0.2, 0.25) is 0 Å². The minimum atomic E-state index is -0.199. The SMILES string of the molecule is COc1cccc(NC(=O)NC[C@@H](C)CSc2ccc(C)cc2)c1. The molecule has 0 aromatic heterocycles. The van der Waals surface area contributed by atoms with Crippen LogP contribution in [0.5, 0.6) is 5.75 Å². The maximum atomic E-state index is 12.0. The van der Waals surface area contributed by atoms with Gasteiger partial charge < -0.3 is 15.4 Å². The van der Waals surface area contributed by atoms with Gasteiger partial charge in [0.25, 0.3) is 0 Å². The normalized spacial score (nSPS) is 11.6. The number of carbonyl (C=O) groups excluding carboxylic acids is 1. The molecule has 2 aromatic carbocycles. The predicted molar refractivity (Wildman–Crippen MR) is 101 cm³/mol. The van der Waals surface area contributed by atoms with E-state index in [2.05, 4.69) is 48.7 Å². The van der Waals surface area contributed by atoms with Crippen molar-refractivity contribution in [2.24, 2.45) is 5.92 Å². The van der Waals surface area contributed by atoms with Crippen LogP contribution in [0.4, 0.5) is 10.5 Å². The van der Waals surface area contributed by atoms with Gasteiger partial charge in [0.1, 0.15) is 5.75 Å². The molecule has 0 spiro atoms. The lowest BCUT2D eigenvalue weighted by Gasteiger charge is -2.13. The van der Waals surface area contributed by atoms with Gasteiger partial charge in [-0.3, -0.25) is 0 Å². The molecular formula is C19H24N2O2S. The fourth-order valence-electron chi connectivity index (χ4n) is 2.07. The summed E-state index contributed by atoms with van der Waals surface area (Å²) in [4.78, 5) is 13.2. The molecule has 128 valence electrons. The number of urea groups is 1. The first kappa shape index (κ1) is 18.2. The Morgan fingerprint density at radius 1 is 1.21 bits per heavy atom. The minimum Gasteiger partial charge on any atom is -0.497 e. The van der Waals surface area contributed by atoms with E-state index in [1.54, 1.807) is 13.2 Å². The molecule has 0 radical (unpaired) electrons. The van der Waals surface area contributed by atoms with Gasteiger partial charge in [-0.05, 0) is 37.1 Å². The van der Waals surface area contributed by atoms with Crippen LogP contribution in [-0.4, -0.2) is 25.4 Å². The molecular weight excluding hydrogens is 320 g/mol. The van der Waals surface area contributed by atoms with Crippen molar-refractivity contribution in [3.63, 3.8) is 0 Å². The highest BCUT2D eigenvalue weighted by Gasteiger charge is 2.07. The van der Waals surface area contributed by atoms with Crippen LogP contribution in [0.3, 0.4) is 0 Å². The maximum absolute atomic E-state index is 12.0. The molecule has 2 N–H and O–H groups in total. The number of methoxy groups -OCH3 is 1. The molecule has 0 heterocycles. The fraction of sp³-hybridized carbons (Fsp3) is 0.316. The summed E-state index contributed by atoms with van der Waals surface area (Å²) in [6, 6.07) is 15.6. The molecule has 0 saturated carbocycles. The topological polar surface area (TPSA) is 50.4 Å². The third kappa shape index (κ3) is 6.16. The summed E-state index contributed by atoms with van der Waals surface area (Å²) >= 11 is 1.81. The quantitative estimate of drug-likeness (QED) is 0.724. The van der Waals surface area contributed by atoms with Gasteiger partial charge in [0, 0.05) is 28.9 Å². The zero-order valence-corrected chi connectivity index (χ0v) is 15.2. The lowest BCUT2D eigenvalue weighted by atomic mass is 10.2. The monoisotopic (exact) mass is 344 g/mol. The van der Waals surface area contributed by atoms with Gasteiger partial charge in [0.15, 0.2) is 0 Å². The van der Waals surface area contributed by atoms with Crippen LogP contribution < -0.4 is 15.4 Å². The number of rotatable bonds is 7. The van der Waals surface area contributed by atoms with Crippen molar-refractivity contribution in [2.45, 2.75) is 18.7 Å². The molecule has 0 fully saturated rings. The Morgan fingerprint density at radius 2 is 1.96 bits per heavy atom. The summed E-state index contributed by atoms with van der Waals surface area (Å²) in [7, 11) is 1.60. The molecule has 4 nitrogen and oxygen atoms in total. The smallest absolute Gasteiger partial charge is 0.319 e. The number of nitrogens with one attached hydrogen (secondary N) is 2. The molecule has 0 bridgehead atoms. The number of aryl methyl sites for hydroxylation is 1. The van der Waals surface area contributed by atoms with Crippen LogP contribution in [0.15, 0.2) is 53.4 Å². The summed E-state index contributed by atoms with van der Waals surface area (Å²) < 4.78 is 5.14. The average molecular weight is 344 g/mol. The van der Waals surface area contributed by atoms with Crippen molar-refractivity contribution in [3.05, 3.63) is 54.1 Å². The number of benzene rings is 2. The first-order valence-electron chi connectivity index (χ1n) is 7.95. The zero-order valence-electron chi connectivity index (χ0n) is 14.3. The van der Waals surface area contributed by atoms with E-state index in [9.17, 15) is 4.79 Å². The third-order valence-corrected chi connectivity index (χ3v) is 4.84. The molecule has 0 aliphatic heterocycles. The van der Waals surface area contributed by atoms with Crippen LogP contribution in [-0.2, 0) is 0 Å². The van der Waals surface area contributed by atoms with Crippen molar-refractivity contribution < 1.29 is 9.53 Å². The third-order valence-electron chi connectivity index (χ3n) is 3.49. The van der Waals surface area contributed by atoms with Gasteiger partial charge in [0.05, 0.1) is 7.11 Å². The van der Waals surface area contributed by atoms with Gasteiger partial charge in [-0.25, -0.2) is 4.79 Å². The second-order valence-corrected chi connectivity index (χ2v) is 6.89. The van der Waals surface area contributed by atoms with Crippen molar-refractivity contribution in [1.82, 2.24) is 5.32 Å². The number of anilines is 1. The second kappa shape index (κ2) is 9.23. The molecule has 1 atom stereocenters. The van der Waals surface area contributed by atoms with Crippen LogP contribution in [0.1, 0.15) is 12.5 Å². The lowest BCUT2D eigenvalue weighted by molar-refractivity contribution is 0.251. The Labute approximate surface area is 148 Å². The van der Waals surface area contributed by atoms with Crippen LogP contribution in [0.25, 0.3) is 0 Å². The number of hydrogen-bond donors (Lipinski definition) is 2. The summed E-state index contributed by atoms with van der Waals surface area (Å²) in [5.74, 6) is 2.06. The highest BCUT2D eigenvalue weighted by molar-refractivity contribution is 7.99. The fourth-order valence-corrected chi connectivity index (χ4v) is 3.00. The summed E-state index contributed by atoms with van der Waals surface area (Å²) in [6.45, 7) is 4.85. The maximum Gasteiger partial charge on any atom is 0.319 e. The number of amides is 2. The largest absolute Gasteiger partial charge is 0.497 e. The van der Waals surface area contributed by atoms with E-state index in [4.69, 9.17) is 4.74 Å². The Hall–Kier alpha value is -2.14. The lowest BCUT2D eigenvalue weighted by Crippen LogP contribution is -2.32. The molecule has 24 heavy (non-hydrogen) atoms. The number of ether oxygens (including phenoxy) is 1. The van der Waals surface area contributed by atoms with E-state index in [1.807, 2.05) is 30.0 Å². The molecule has 5 heteroatoms. The summed E-state index contributed by atoms with van der Waals surface area (Å²) in [5, 5.41) is 5.72. The average Bonchev–Trinajstić information content (AvgIpc) is 2.59. The molecule has 0 saturated heterocycles. The molecule has 0 aliphatic carbocycles. The highest BCUT2D eigenvalue weighted by atomic mass is 32.2. The molecule has 2 aromatic rings. The first-order chi connectivity index (χ1) is 11.6. The minimum absolute atomic E-state index is 0.199. The van der Waals surface area contributed by atoms with E-state index in [0.29, 0.717) is 18.2 Å². The van der Waals surface area contributed by atoms with Gasteiger partial charge in [-0.15, -0.1) is 11.8 Å². The number of hydrogen-bond acceptors (Lipinski definition) is 3. The molecule has 2 rings (SSSR count). The zero-order chi connectivity index (χ0) is 17.4. The van der Waals surface area contributed by atoms with E-state index in [-0.39, 0.29) is 6.03 Å². The van der Waals surface area contributed by atoms with Crippen molar-refractivity contribution in [1.29, 1.82) is 0 Å². The summed E-state index contributed by atoms with van der Waals surface area (Å²) in [5.41, 5.74) is 1.98. The van der Waals surface area contributed by atoms with Crippen molar-refractivity contribution in [3.8, 4) is 5.75 Å². The van der Waals surface area contributed by atoms with E-state index >= 15 is 0 Å². The highest BCUT2D eigenvalue weighted by Crippen LogP contribution is 2.21. The second-order valence-electron chi connectivity index (χ2n) is 5.80. The van der Waals surface area contributed by atoms with Crippen LogP contribution in [0, 0.1) is 12.8 Å². The Bertz CT molecular complexity index is 659. The number of thioether (sulfide) groups is 1. The molecule has 2 amide bonds. The van der Waals surface area contributed by atoms with Crippen molar-refractivity contribution >= 4 is 23.5 Å². The standard InChI is InChI=1S/C19H24N2O2S/c1-14-7-9-18(10-8-14)24-13-15(2)12-20-19(22)21-16-5-4-6-17(11-16)23-3/h4-11,15H,12-13H2,1-3H3,(H2,20,21,22)/t15-/m1/s1. The number of carbonyl (C=O) groups is 1. The Kier molecular flexibility index (Phi) is 7.00. The van der Waals surface area contributed by atoms with Gasteiger partial charge in [-0.1, -0.05) is 30.7 Å². The molecule has 0 unspecified atom stereocenters. The van der Waals surface area contributed by atoms with Gasteiger partial charge >= 0.3 is 6.03 Å². The first-order valence-corrected chi connectivity index (χ1v) is 8.94. The molecule has 0 aliphatic rings. The van der Waals surface area contributed by atoms with Crippen LogP contribution >= 0.6 is 11.8 Å². The van der Waals surface area contributed by atoms with Crippen molar-refractivity contribution in [2.75, 3.05) is 24.7 Å². The Morgan fingerprint density at radius 3 is 2.67 bits per heavy atom. The van der Waals surface area contributed by atoms with Gasteiger partial charge in [0.2, 0.25) is 0 Å². The Balaban J connectivity index is 1.71.